The Hall–Kier alpha value is -3.12. The van der Waals surface area contributed by atoms with Gasteiger partial charge in [-0.05, 0) is 61.9 Å². The van der Waals surface area contributed by atoms with Crippen molar-refractivity contribution in [3.05, 3.63) is 89.5 Å². The van der Waals surface area contributed by atoms with E-state index in [1.165, 1.54) is 12.1 Å². The summed E-state index contributed by atoms with van der Waals surface area (Å²) in [4.78, 5) is 12.5. The Morgan fingerprint density at radius 1 is 0.815 bits per heavy atom. The molecule has 0 aromatic heterocycles. The summed E-state index contributed by atoms with van der Waals surface area (Å²) in [6, 6.07) is 20.3. The largest absolute Gasteiger partial charge is 0.322 e. The number of nitrogens with one attached hydrogen (secondary N) is 2. The molecule has 0 saturated heterocycles. The third kappa shape index (κ3) is 4.54. The minimum Gasteiger partial charge on any atom is -0.322 e. The third-order valence-electron chi connectivity index (χ3n) is 4.08. The molecule has 0 unspecified atom stereocenters. The van der Waals surface area contributed by atoms with Crippen molar-refractivity contribution < 1.29 is 13.2 Å². The molecule has 0 bridgehead atoms. The van der Waals surface area contributed by atoms with E-state index in [2.05, 4.69) is 10.0 Å². The number of para-hydroxylation sites is 1. The van der Waals surface area contributed by atoms with Crippen molar-refractivity contribution in [2.75, 3.05) is 10.0 Å². The lowest BCUT2D eigenvalue weighted by molar-refractivity contribution is 0.102. The van der Waals surface area contributed by atoms with Gasteiger partial charge in [-0.1, -0.05) is 35.9 Å². The Morgan fingerprint density at radius 2 is 1.48 bits per heavy atom. The molecule has 0 fully saturated rings. The summed E-state index contributed by atoms with van der Waals surface area (Å²) in [5.74, 6) is -0.231. The zero-order chi connectivity index (χ0) is 19.4. The summed E-state index contributed by atoms with van der Waals surface area (Å²) in [6.45, 7) is 3.85. The molecule has 0 atom stereocenters. The molecule has 138 valence electrons. The number of carbonyl (C=O) groups is 1. The van der Waals surface area contributed by atoms with Gasteiger partial charge in [-0.2, -0.15) is 0 Å². The summed E-state index contributed by atoms with van der Waals surface area (Å²) in [6.07, 6.45) is 0. The summed E-state index contributed by atoms with van der Waals surface area (Å²) in [5.41, 5.74) is 3.58. The SMILES string of the molecule is Cc1ccc(C(=O)Nc2ccc(S(=O)(=O)Nc3ccccc3)cc2)c(C)c1. The van der Waals surface area contributed by atoms with Crippen LogP contribution in [0.5, 0.6) is 0 Å². The van der Waals surface area contributed by atoms with Crippen molar-refractivity contribution in [3.63, 3.8) is 0 Å². The van der Waals surface area contributed by atoms with E-state index in [0.29, 0.717) is 16.9 Å². The number of aryl methyl sites for hydroxylation is 2. The fourth-order valence-electron chi connectivity index (χ4n) is 2.70. The molecular weight excluding hydrogens is 360 g/mol. The number of hydrogen-bond acceptors (Lipinski definition) is 3. The minimum absolute atomic E-state index is 0.121. The summed E-state index contributed by atoms with van der Waals surface area (Å²) in [5, 5.41) is 2.79. The molecule has 3 rings (SSSR count). The number of anilines is 2. The van der Waals surface area contributed by atoms with Crippen LogP contribution in [0.2, 0.25) is 0 Å². The standard InChI is InChI=1S/C21H20N2O3S/c1-15-8-13-20(16(2)14-15)21(24)22-17-9-11-19(12-10-17)27(25,26)23-18-6-4-3-5-7-18/h3-14,23H,1-2H3,(H,22,24). The van der Waals surface area contributed by atoms with Crippen LogP contribution in [-0.4, -0.2) is 14.3 Å². The van der Waals surface area contributed by atoms with Crippen molar-refractivity contribution in [2.45, 2.75) is 18.7 Å². The van der Waals surface area contributed by atoms with Crippen LogP contribution in [0, 0.1) is 13.8 Å². The predicted octanol–water partition coefficient (Wildman–Crippen LogP) is 4.36. The fourth-order valence-corrected chi connectivity index (χ4v) is 3.76. The molecule has 5 nitrogen and oxygen atoms in total. The molecule has 0 saturated carbocycles. The maximum absolute atomic E-state index is 12.4. The molecule has 2 N–H and O–H groups in total. The van der Waals surface area contributed by atoms with Crippen molar-refractivity contribution in [1.82, 2.24) is 0 Å². The van der Waals surface area contributed by atoms with E-state index < -0.39 is 10.0 Å². The highest BCUT2D eigenvalue weighted by atomic mass is 32.2. The van der Waals surface area contributed by atoms with Crippen LogP contribution in [0.25, 0.3) is 0 Å². The van der Waals surface area contributed by atoms with Gasteiger partial charge in [-0.15, -0.1) is 0 Å². The van der Waals surface area contributed by atoms with Crippen LogP contribution in [0.15, 0.2) is 77.7 Å². The Labute approximate surface area is 159 Å². The van der Waals surface area contributed by atoms with Gasteiger partial charge in [-0.25, -0.2) is 8.42 Å². The molecular formula is C21H20N2O3S. The number of sulfonamides is 1. The number of hydrogen-bond donors (Lipinski definition) is 2. The van der Waals surface area contributed by atoms with Gasteiger partial charge in [0.25, 0.3) is 15.9 Å². The Kier molecular flexibility index (Phi) is 5.28. The van der Waals surface area contributed by atoms with Crippen LogP contribution < -0.4 is 10.0 Å². The smallest absolute Gasteiger partial charge is 0.261 e. The van der Waals surface area contributed by atoms with Gasteiger partial charge in [0.1, 0.15) is 0 Å². The van der Waals surface area contributed by atoms with Crippen LogP contribution in [0.1, 0.15) is 21.5 Å². The second-order valence-electron chi connectivity index (χ2n) is 6.27. The molecule has 0 heterocycles. The van der Waals surface area contributed by atoms with Crippen LogP contribution in [0.3, 0.4) is 0 Å². The number of benzene rings is 3. The van der Waals surface area contributed by atoms with Crippen molar-refractivity contribution in [3.8, 4) is 0 Å². The molecule has 6 heteroatoms. The Balaban J connectivity index is 1.74. The van der Waals surface area contributed by atoms with E-state index in [0.717, 1.165) is 11.1 Å². The van der Waals surface area contributed by atoms with Crippen LogP contribution in [-0.2, 0) is 10.0 Å². The van der Waals surface area contributed by atoms with Gasteiger partial charge < -0.3 is 5.32 Å². The Morgan fingerprint density at radius 3 is 2.11 bits per heavy atom. The maximum Gasteiger partial charge on any atom is 0.261 e. The van der Waals surface area contributed by atoms with E-state index in [-0.39, 0.29) is 10.8 Å². The number of amides is 1. The monoisotopic (exact) mass is 380 g/mol. The van der Waals surface area contributed by atoms with Crippen molar-refractivity contribution in [2.24, 2.45) is 0 Å². The van der Waals surface area contributed by atoms with Gasteiger partial charge in [0.05, 0.1) is 4.90 Å². The second-order valence-corrected chi connectivity index (χ2v) is 7.95. The minimum atomic E-state index is -3.68. The van der Waals surface area contributed by atoms with Crippen LogP contribution in [0.4, 0.5) is 11.4 Å². The average Bonchev–Trinajstić information content (AvgIpc) is 2.62. The van der Waals surface area contributed by atoms with Gasteiger partial charge in [-0.3, -0.25) is 9.52 Å². The van der Waals surface area contributed by atoms with Gasteiger partial charge in [0.2, 0.25) is 0 Å². The topological polar surface area (TPSA) is 75.3 Å². The molecule has 27 heavy (non-hydrogen) atoms. The zero-order valence-corrected chi connectivity index (χ0v) is 15.9. The quantitative estimate of drug-likeness (QED) is 0.691. The summed E-state index contributed by atoms with van der Waals surface area (Å²) < 4.78 is 27.4. The van der Waals surface area contributed by atoms with Crippen LogP contribution >= 0.6 is 0 Å². The zero-order valence-electron chi connectivity index (χ0n) is 15.1. The summed E-state index contributed by atoms with van der Waals surface area (Å²) in [7, 11) is -3.68. The molecule has 3 aromatic carbocycles. The Bertz CT molecular complexity index is 1060. The van der Waals surface area contributed by atoms with E-state index in [4.69, 9.17) is 0 Å². The predicted molar refractivity (Wildman–Crippen MR) is 108 cm³/mol. The number of rotatable bonds is 5. The fraction of sp³-hybridized carbons (Fsp3) is 0.0952. The number of carbonyl (C=O) groups excluding carboxylic acids is 1. The molecule has 3 aromatic rings. The second kappa shape index (κ2) is 7.63. The molecule has 0 aliphatic heterocycles. The molecule has 0 aliphatic rings. The van der Waals surface area contributed by atoms with Gasteiger partial charge in [0, 0.05) is 16.9 Å². The molecule has 0 aliphatic carbocycles. The van der Waals surface area contributed by atoms with Gasteiger partial charge >= 0.3 is 0 Å². The summed E-state index contributed by atoms with van der Waals surface area (Å²) >= 11 is 0. The van der Waals surface area contributed by atoms with E-state index in [9.17, 15) is 13.2 Å². The van der Waals surface area contributed by atoms with E-state index in [1.807, 2.05) is 32.0 Å². The third-order valence-corrected chi connectivity index (χ3v) is 5.47. The highest BCUT2D eigenvalue weighted by molar-refractivity contribution is 7.92. The lowest BCUT2D eigenvalue weighted by atomic mass is 10.1. The van der Waals surface area contributed by atoms with Gasteiger partial charge in [0.15, 0.2) is 0 Å². The molecule has 0 spiro atoms. The van der Waals surface area contributed by atoms with E-state index >= 15 is 0 Å². The average molecular weight is 380 g/mol. The van der Waals surface area contributed by atoms with E-state index in [1.54, 1.807) is 42.5 Å². The highest BCUT2D eigenvalue weighted by Crippen LogP contribution is 2.19. The first-order valence-corrected chi connectivity index (χ1v) is 9.90. The molecule has 0 radical (unpaired) electrons. The lowest BCUT2D eigenvalue weighted by Gasteiger charge is -2.10. The first-order chi connectivity index (χ1) is 12.8. The first-order valence-electron chi connectivity index (χ1n) is 8.42. The molecule has 1 amide bonds. The van der Waals surface area contributed by atoms with Crippen molar-refractivity contribution in [1.29, 1.82) is 0 Å². The normalized spacial score (nSPS) is 11.0. The van der Waals surface area contributed by atoms with Crippen molar-refractivity contribution >= 4 is 27.3 Å². The first kappa shape index (κ1) is 18.7. The highest BCUT2D eigenvalue weighted by Gasteiger charge is 2.15. The lowest BCUT2D eigenvalue weighted by Crippen LogP contribution is -2.15. The maximum atomic E-state index is 12.4.